The Labute approximate surface area is 112 Å². The summed E-state index contributed by atoms with van der Waals surface area (Å²) in [5.74, 6) is -0.0273. The molecule has 0 aliphatic carbocycles. The zero-order valence-electron chi connectivity index (χ0n) is 11.1. The summed E-state index contributed by atoms with van der Waals surface area (Å²) in [5, 5.41) is 0. The molecule has 1 aliphatic rings. The number of aryl methyl sites for hydroxylation is 1. The standard InChI is InChI=1S/C14H20N2O3/c1-9-6-11(13(16)12(15)7-9)14(17)19-8-10-2-4-18-5-3-10/h6-7,10H,2-5,8,15-16H2,1H3. The lowest BCUT2D eigenvalue weighted by Gasteiger charge is -2.21. The van der Waals surface area contributed by atoms with Crippen molar-refractivity contribution in [2.75, 3.05) is 31.3 Å². The van der Waals surface area contributed by atoms with Gasteiger partial charge in [0.05, 0.1) is 23.5 Å². The number of hydrogen-bond donors (Lipinski definition) is 2. The molecule has 0 bridgehead atoms. The Hall–Kier alpha value is -1.75. The molecule has 1 heterocycles. The number of hydrogen-bond acceptors (Lipinski definition) is 5. The van der Waals surface area contributed by atoms with Crippen LogP contribution in [0.25, 0.3) is 0 Å². The Balaban J connectivity index is 1.99. The molecule has 1 saturated heterocycles. The molecule has 0 unspecified atom stereocenters. The molecule has 0 aromatic heterocycles. The van der Waals surface area contributed by atoms with E-state index in [1.807, 2.05) is 6.92 Å². The van der Waals surface area contributed by atoms with Gasteiger partial charge in [-0.25, -0.2) is 4.79 Å². The van der Waals surface area contributed by atoms with E-state index in [1.54, 1.807) is 12.1 Å². The fourth-order valence-electron chi connectivity index (χ4n) is 2.18. The van der Waals surface area contributed by atoms with Crippen molar-refractivity contribution in [2.24, 2.45) is 5.92 Å². The van der Waals surface area contributed by atoms with Crippen molar-refractivity contribution in [1.82, 2.24) is 0 Å². The first-order valence-electron chi connectivity index (χ1n) is 6.48. The highest BCUT2D eigenvalue weighted by Gasteiger charge is 2.18. The Morgan fingerprint density at radius 3 is 2.74 bits per heavy atom. The van der Waals surface area contributed by atoms with Crippen molar-refractivity contribution in [3.05, 3.63) is 23.3 Å². The summed E-state index contributed by atoms with van der Waals surface area (Å²) in [6.07, 6.45) is 1.86. The van der Waals surface area contributed by atoms with Crippen LogP contribution in [0.1, 0.15) is 28.8 Å². The topological polar surface area (TPSA) is 87.6 Å². The van der Waals surface area contributed by atoms with Crippen LogP contribution in [-0.2, 0) is 9.47 Å². The Morgan fingerprint density at radius 1 is 1.37 bits per heavy atom. The van der Waals surface area contributed by atoms with Crippen molar-refractivity contribution in [3.63, 3.8) is 0 Å². The lowest BCUT2D eigenvalue weighted by molar-refractivity contribution is 0.0186. The molecule has 5 heteroatoms. The Bertz CT molecular complexity index is 468. The lowest BCUT2D eigenvalue weighted by atomic mass is 10.0. The molecule has 0 spiro atoms. The van der Waals surface area contributed by atoms with Gasteiger partial charge in [-0.15, -0.1) is 0 Å². The number of rotatable bonds is 3. The molecule has 5 nitrogen and oxygen atoms in total. The molecule has 1 aliphatic heterocycles. The normalized spacial score (nSPS) is 16.3. The Morgan fingerprint density at radius 2 is 2.05 bits per heavy atom. The lowest BCUT2D eigenvalue weighted by Crippen LogP contribution is -2.22. The van der Waals surface area contributed by atoms with Crippen LogP contribution in [0.3, 0.4) is 0 Å². The number of carbonyl (C=O) groups excluding carboxylic acids is 1. The van der Waals surface area contributed by atoms with Crippen LogP contribution in [0.5, 0.6) is 0 Å². The number of nitrogen functional groups attached to an aromatic ring is 2. The van der Waals surface area contributed by atoms with Gasteiger partial charge in [-0.3, -0.25) is 0 Å². The minimum absolute atomic E-state index is 0.294. The van der Waals surface area contributed by atoms with E-state index in [4.69, 9.17) is 20.9 Å². The van der Waals surface area contributed by atoms with Crippen molar-refractivity contribution >= 4 is 17.3 Å². The second-order valence-corrected chi connectivity index (χ2v) is 4.97. The number of anilines is 2. The van der Waals surface area contributed by atoms with E-state index in [1.165, 1.54) is 0 Å². The average Bonchev–Trinajstić information content (AvgIpc) is 2.41. The fraction of sp³-hybridized carbons (Fsp3) is 0.500. The van der Waals surface area contributed by atoms with E-state index in [2.05, 4.69) is 0 Å². The second-order valence-electron chi connectivity index (χ2n) is 4.97. The van der Waals surface area contributed by atoms with E-state index in [-0.39, 0.29) is 0 Å². The molecule has 0 radical (unpaired) electrons. The predicted octanol–water partition coefficient (Wildman–Crippen LogP) is 1.74. The predicted molar refractivity (Wildman–Crippen MR) is 73.8 cm³/mol. The molecular weight excluding hydrogens is 244 g/mol. The van der Waals surface area contributed by atoms with Crippen molar-refractivity contribution in [3.8, 4) is 0 Å². The van der Waals surface area contributed by atoms with E-state index in [9.17, 15) is 4.79 Å². The third kappa shape index (κ3) is 3.38. The number of carbonyl (C=O) groups is 1. The van der Waals surface area contributed by atoms with Gasteiger partial charge in [0.15, 0.2) is 0 Å². The van der Waals surface area contributed by atoms with Crippen molar-refractivity contribution in [2.45, 2.75) is 19.8 Å². The van der Waals surface area contributed by atoms with Crippen LogP contribution < -0.4 is 11.5 Å². The molecule has 1 aromatic rings. The highest BCUT2D eigenvalue weighted by Crippen LogP contribution is 2.23. The van der Waals surface area contributed by atoms with E-state index < -0.39 is 5.97 Å². The minimum atomic E-state index is -0.403. The van der Waals surface area contributed by atoms with Gasteiger partial charge in [-0.2, -0.15) is 0 Å². The van der Waals surface area contributed by atoms with Gasteiger partial charge in [0.2, 0.25) is 0 Å². The third-order valence-electron chi connectivity index (χ3n) is 3.37. The third-order valence-corrected chi connectivity index (χ3v) is 3.37. The van der Waals surface area contributed by atoms with Crippen LogP contribution in [-0.4, -0.2) is 25.8 Å². The largest absolute Gasteiger partial charge is 0.462 e. The summed E-state index contributed by atoms with van der Waals surface area (Å²) >= 11 is 0. The summed E-state index contributed by atoms with van der Waals surface area (Å²) in [6.45, 7) is 3.75. The van der Waals surface area contributed by atoms with Crippen LogP contribution in [0.4, 0.5) is 11.4 Å². The maximum Gasteiger partial charge on any atom is 0.340 e. The molecule has 0 saturated carbocycles. The summed E-state index contributed by atoms with van der Waals surface area (Å²) in [7, 11) is 0. The maximum atomic E-state index is 12.0. The quantitative estimate of drug-likeness (QED) is 0.641. The molecule has 0 amide bonds. The smallest absolute Gasteiger partial charge is 0.340 e. The summed E-state index contributed by atoms with van der Waals surface area (Å²) in [4.78, 5) is 12.0. The minimum Gasteiger partial charge on any atom is -0.462 e. The van der Waals surface area contributed by atoms with Gasteiger partial charge in [-0.1, -0.05) is 0 Å². The highest BCUT2D eigenvalue weighted by atomic mass is 16.5. The van der Waals surface area contributed by atoms with Gasteiger partial charge in [-0.05, 0) is 43.4 Å². The van der Waals surface area contributed by atoms with Gasteiger partial charge in [0.25, 0.3) is 0 Å². The average molecular weight is 264 g/mol. The van der Waals surface area contributed by atoms with Gasteiger partial charge >= 0.3 is 5.97 Å². The maximum absolute atomic E-state index is 12.0. The van der Waals surface area contributed by atoms with Gasteiger partial charge in [0, 0.05) is 13.2 Å². The molecule has 19 heavy (non-hydrogen) atoms. The molecule has 104 valence electrons. The first-order valence-corrected chi connectivity index (χ1v) is 6.48. The molecular formula is C14H20N2O3. The Kier molecular flexibility index (Phi) is 4.27. The molecule has 2 rings (SSSR count). The van der Waals surface area contributed by atoms with Crippen LogP contribution in [0.15, 0.2) is 12.1 Å². The first kappa shape index (κ1) is 13.7. The van der Waals surface area contributed by atoms with Gasteiger partial charge in [0.1, 0.15) is 0 Å². The summed E-state index contributed by atoms with van der Waals surface area (Å²) in [5.41, 5.74) is 13.5. The van der Waals surface area contributed by atoms with E-state index >= 15 is 0 Å². The van der Waals surface area contributed by atoms with Crippen molar-refractivity contribution in [1.29, 1.82) is 0 Å². The van der Waals surface area contributed by atoms with Gasteiger partial charge < -0.3 is 20.9 Å². The monoisotopic (exact) mass is 264 g/mol. The summed E-state index contributed by atoms with van der Waals surface area (Å²) < 4.78 is 10.6. The number of esters is 1. The second kappa shape index (κ2) is 5.93. The van der Waals surface area contributed by atoms with Crippen LogP contribution >= 0.6 is 0 Å². The van der Waals surface area contributed by atoms with Crippen LogP contribution in [0.2, 0.25) is 0 Å². The summed E-state index contributed by atoms with van der Waals surface area (Å²) in [6, 6.07) is 3.45. The van der Waals surface area contributed by atoms with Crippen LogP contribution in [0, 0.1) is 12.8 Å². The molecule has 0 atom stereocenters. The van der Waals surface area contributed by atoms with Crippen molar-refractivity contribution < 1.29 is 14.3 Å². The number of nitrogens with two attached hydrogens (primary N) is 2. The SMILES string of the molecule is Cc1cc(N)c(N)c(C(=O)OCC2CCOCC2)c1. The van der Waals surface area contributed by atoms with E-state index in [0.717, 1.165) is 31.6 Å². The number of benzene rings is 1. The number of ether oxygens (including phenoxy) is 2. The zero-order valence-corrected chi connectivity index (χ0v) is 11.1. The highest BCUT2D eigenvalue weighted by molar-refractivity contribution is 5.98. The molecule has 4 N–H and O–H groups in total. The molecule has 1 aromatic carbocycles. The molecule has 1 fully saturated rings. The first-order chi connectivity index (χ1) is 9.08. The van der Waals surface area contributed by atoms with E-state index in [0.29, 0.717) is 29.5 Å². The zero-order chi connectivity index (χ0) is 13.8. The fourth-order valence-corrected chi connectivity index (χ4v) is 2.18.